The van der Waals surface area contributed by atoms with Gasteiger partial charge < -0.3 is 29.7 Å². The number of nitrogens with zero attached hydrogens (tertiary/aromatic N) is 1. The second kappa shape index (κ2) is 18.2. The molecule has 0 saturated carbocycles. The molecule has 74 valence electrons. The van der Waals surface area contributed by atoms with Crippen LogP contribution in [0.1, 0.15) is 0 Å². The van der Waals surface area contributed by atoms with Crippen molar-refractivity contribution in [2.24, 2.45) is 0 Å². The van der Waals surface area contributed by atoms with Crippen LogP contribution >= 0.6 is 0 Å². The van der Waals surface area contributed by atoms with E-state index >= 15 is 0 Å². The summed E-state index contributed by atoms with van der Waals surface area (Å²) in [6.07, 6.45) is 0. The van der Waals surface area contributed by atoms with Crippen molar-refractivity contribution in [3.05, 3.63) is 43.4 Å². The van der Waals surface area contributed by atoms with Crippen LogP contribution in [0.2, 0.25) is 0 Å². The van der Waals surface area contributed by atoms with Crippen LogP contribution in [0.3, 0.4) is 0 Å². The van der Waals surface area contributed by atoms with Crippen molar-refractivity contribution in [2.45, 2.75) is 0 Å². The Morgan fingerprint density at radius 3 is 1.38 bits per heavy atom. The molecule has 0 amide bonds. The fourth-order valence-electron chi connectivity index (χ4n) is 0.342. The molecule has 0 atom stereocenters. The van der Waals surface area contributed by atoms with Gasteiger partial charge in [0, 0.05) is 0 Å². The molecule has 1 rings (SSSR count). The van der Waals surface area contributed by atoms with Gasteiger partial charge in [-0.3, -0.25) is 7.05 Å². The minimum Gasteiger partial charge on any atom is -1.00 e. The van der Waals surface area contributed by atoms with Crippen LogP contribution < -0.4 is 24.8 Å². The van der Waals surface area contributed by atoms with Crippen molar-refractivity contribution in [3.63, 3.8) is 0 Å². The quantitative estimate of drug-likeness (QED) is 0.427. The monoisotopic (exact) mass is 257 g/mol. The van der Waals surface area contributed by atoms with Gasteiger partial charge in [-0.15, -0.1) is 0 Å². The largest absolute Gasteiger partial charge is 4.00 e. The molecule has 0 aliphatic carbocycles. The third-order valence-corrected chi connectivity index (χ3v) is 0.607. The Morgan fingerprint density at radius 2 is 1.31 bits per heavy atom. The molecule has 0 N–H and O–H groups in total. The van der Waals surface area contributed by atoms with Gasteiger partial charge in [-0.1, -0.05) is 0 Å². The summed E-state index contributed by atoms with van der Waals surface area (Å²) in [7, 11) is 7.25. The Morgan fingerprint density at radius 1 is 1.00 bits per heavy atom. The van der Waals surface area contributed by atoms with Crippen LogP contribution in [0, 0.1) is 13.1 Å². The van der Waals surface area contributed by atoms with Gasteiger partial charge in [-0.25, -0.2) is 0 Å². The normalized spacial score (nSPS) is 6.46. The van der Waals surface area contributed by atoms with Gasteiger partial charge in [0.15, 0.2) is 0 Å². The van der Waals surface area contributed by atoms with E-state index in [4.69, 9.17) is 0 Å². The summed E-state index contributed by atoms with van der Waals surface area (Å²) in [4.78, 5) is 1.75. The molecule has 0 aliphatic rings. The molecule has 0 radical (unpaired) electrons. The van der Waals surface area contributed by atoms with Gasteiger partial charge in [0.1, 0.15) is 0 Å². The molecule has 0 saturated heterocycles. The Kier molecular flexibility index (Phi) is 32.5. The number of hydrogen-bond acceptors (Lipinski definition) is 1. The number of benzene rings is 1. The average Bonchev–Trinajstić information content (AvgIpc) is 1.90. The maximum Gasteiger partial charge on any atom is 4.00 e. The van der Waals surface area contributed by atoms with E-state index in [1.165, 1.54) is 0 Å². The van der Waals surface area contributed by atoms with Crippen LogP contribution in [-0.2, 0) is 17.4 Å². The first-order chi connectivity index (χ1) is 4.73. The minimum atomic E-state index is 0. The Bertz CT molecular complexity index is 118. The van der Waals surface area contributed by atoms with Crippen molar-refractivity contribution >= 4 is 0 Å². The summed E-state index contributed by atoms with van der Waals surface area (Å²) in [6.45, 7) is 0. The average molecular weight is 258 g/mol. The van der Waals surface area contributed by atoms with Gasteiger partial charge >= 0.3 is 17.4 Å². The summed E-state index contributed by atoms with van der Waals surface area (Å²) in [5.74, 6) is 0. The first-order valence-electron chi connectivity index (χ1n) is 3.12. The summed E-state index contributed by atoms with van der Waals surface area (Å²) < 4.78 is 0. The van der Waals surface area contributed by atoms with Gasteiger partial charge in [0.2, 0.25) is 0 Å². The number of halogens is 2. The van der Waals surface area contributed by atoms with Crippen LogP contribution in [0.4, 0.5) is 0 Å². The molecule has 0 bridgehead atoms. The van der Waals surface area contributed by atoms with E-state index in [9.17, 15) is 0 Å². The van der Waals surface area contributed by atoms with Crippen LogP contribution in [0.15, 0.2) is 30.3 Å². The number of hydrogen-bond donors (Lipinski definition) is 0. The zero-order valence-corrected chi connectivity index (χ0v) is 10.5. The summed E-state index contributed by atoms with van der Waals surface area (Å²) in [5.41, 5.74) is 0. The van der Waals surface area contributed by atoms with Gasteiger partial charge in [-0.05, 0) is 14.1 Å². The first kappa shape index (κ1) is 23.3. The molecule has 13 heavy (non-hydrogen) atoms. The van der Waals surface area contributed by atoms with E-state index in [1.807, 2.05) is 44.4 Å². The zero-order chi connectivity index (χ0) is 7.82. The van der Waals surface area contributed by atoms with E-state index in [0.717, 1.165) is 0 Å². The first-order valence-corrected chi connectivity index (χ1v) is 3.12. The Balaban J connectivity index is -0.0000000536. The van der Waals surface area contributed by atoms with E-state index in [2.05, 4.69) is 13.1 Å². The van der Waals surface area contributed by atoms with E-state index in [1.54, 1.807) is 4.90 Å². The zero-order valence-electron chi connectivity index (χ0n) is 7.71. The molecular formula is C9H13Cl2CrN. The summed E-state index contributed by atoms with van der Waals surface area (Å²) in [6, 6.07) is 12.5. The van der Waals surface area contributed by atoms with Crippen molar-refractivity contribution < 1.29 is 42.2 Å². The molecule has 1 aromatic carbocycles. The maximum atomic E-state index is 3.47. The Labute approximate surface area is 104 Å². The molecule has 0 heterocycles. The third-order valence-electron chi connectivity index (χ3n) is 0.607. The molecule has 1 aromatic rings. The minimum absolute atomic E-state index is 0. The predicted octanol–water partition coefficient (Wildman–Crippen LogP) is -4.17. The Hall–Kier alpha value is 0.292. The fraction of sp³-hybridized carbons (Fsp3) is 0.222. The molecule has 0 unspecified atom stereocenters. The molecule has 4 heteroatoms. The topological polar surface area (TPSA) is 3.24 Å². The molecular weight excluding hydrogens is 245 g/mol. The second-order valence-electron chi connectivity index (χ2n) is 2.16. The third kappa shape index (κ3) is 32.9. The second-order valence-corrected chi connectivity index (χ2v) is 2.16. The molecule has 0 spiro atoms. The molecule has 0 aliphatic heterocycles. The van der Waals surface area contributed by atoms with E-state index < -0.39 is 0 Å². The standard InChI is InChI=1S/C6H5.C3H8N.2ClH.Cr/c1-2-4-6-5-3-1;1-4(2)3;;;/h1-5H;1H2,2-3H3;2*1H;/q2*-1;;;+4/p-2. The molecule has 0 aromatic heterocycles. The van der Waals surface area contributed by atoms with Crippen molar-refractivity contribution in [3.8, 4) is 0 Å². The fourth-order valence-corrected chi connectivity index (χ4v) is 0.342. The van der Waals surface area contributed by atoms with Gasteiger partial charge in [-0.2, -0.15) is 36.4 Å². The van der Waals surface area contributed by atoms with Crippen molar-refractivity contribution in [2.75, 3.05) is 14.1 Å². The van der Waals surface area contributed by atoms with E-state index in [-0.39, 0.29) is 42.2 Å². The summed E-state index contributed by atoms with van der Waals surface area (Å²) in [5, 5.41) is 0. The number of rotatable bonds is 0. The molecule has 0 fully saturated rings. The van der Waals surface area contributed by atoms with Crippen LogP contribution in [0.5, 0.6) is 0 Å². The molecule has 1 nitrogen and oxygen atoms in total. The SMILES string of the molecule is [CH2-]N(C)C.[Cl-].[Cl-].[Cr+4].[c-]1ccccc1. The maximum absolute atomic E-state index is 3.47. The van der Waals surface area contributed by atoms with Gasteiger partial charge in [0.25, 0.3) is 0 Å². The van der Waals surface area contributed by atoms with Crippen LogP contribution in [-0.4, -0.2) is 19.0 Å². The summed E-state index contributed by atoms with van der Waals surface area (Å²) >= 11 is 0. The van der Waals surface area contributed by atoms with Gasteiger partial charge in [0.05, 0.1) is 0 Å². The van der Waals surface area contributed by atoms with Crippen molar-refractivity contribution in [1.29, 1.82) is 0 Å². The van der Waals surface area contributed by atoms with Crippen molar-refractivity contribution in [1.82, 2.24) is 4.90 Å². The van der Waals surface area contributed by atoms with E-state index in [0.29, 0.717) is 0 Å². The smallest absolute Gasteiger partial charge is 1.00 e. The predicted molar refractivity (Wildman–Crippen MR) is 44.3 cm³/mol. The van der Waals surface area contributed by atoms with Crippen LogP contribution in [0.25, 0.3) is 0 Å².